The number of benzene rings is 1. The summed E-state index contributed by atoms with van der Waals surface area (Å²) in [7, 11) is 3.00. The van der Waals surface area contributed by atoms with Gasteiger partial charge in [-0.3, -0.25) is 0 Å². The van der Waals surface area contributed by atoms with Gasteiger partial charge < -0.3 is 19.9 Å². The van der Waals surface area contributed by atoms with Crippen LogP contribution < -0.4 is 14.8 Å². The van der Waals surface area contributed by atoms with Crippen molar-refractivity contribution in [1.82, 2.24) is 4.98 Å². The third kappa shape index (κ3) is 3.49. The van der Waals surface area contributed by atoms with Crippen LogP contribution in [-0.2, 0) is 6.54 Å². The molecule has 112 valence electrons. The molecule has 2 N–H and O–H groups in total. The average molecular weight is 309 g/mol. The van der Waals surface area contributed by atoms with Gasteiger partial charge in [0.25, 0.3) is 0 Å². The first-order valence-electron chi connectivity index (χ1n) is 6.35. The molecule has 0 atom stereocenters. The number of aromatic nitrogens is 1. The van der Waals surface area contributed by atoms with E-state index in [1.165, 1.54) is 14.2 Å². The quantitative estimate of drug-likeness (QED) is 0.829. The molecule has 5 nitrogen and oxygen atoms in total. The molecule has 21 heavy (non-hydrogen) atoms. The third-order valence-corrected chi connectivity index (χ3v) is 3.45. The molecule has 1 aromatic heterocycles. The van der Waals surface area contributed by atoms with Crippen LogP contribution in [0.2, 0.25) is 5.15 Å². The van der Waals surface area contributed by atoms with Crippen LogP contribution >= 0.6 is 11.6 Å². The third-order valence-electron chi connectivity index (χ3n) is 3.05. The zero-order valence-electron chi connectivity index (χ0n) is 12.1. The molecule has 0 aliphatic rings. The van der Waals surface area contributed by atoms with E-state index in [-0.39, 0.29) is 5.75 Å². The highest BCUT2D eigenvalue weighted by atomic mass is 35.5. The molecule has 0 fully saturated rings. The first kappa shape index (κ1) is 15.3. The van der Waals surface area contributed by atoms with Crippen molar-refractivity contribution in [2.24, 2.45) is 0 Å². The fourth-order valence-corrected chi connectivity index (χ4v) is 2.01. The molecule has 1 heterocycles. The lowest BCUT2D eigenvalue weighted by atomic mass is 10.1. The number of ether oxygens (including phenoxy) is 2. The van der Waals surface area contributed by atoms with Crippen molar-refractivity contribution in [2.45, 2.75) is 13.5 Å². The number of aromatic hydroxyl groups is 1. The summed E-state index contributed by atoms with van der Waals surface area (Å²) in [5.74, 6) is 0.737. The van der Waals surface area contributed by atoms with Crippen LogP contribution in [0, 0.1) is 6.92 Å². The number of hydrogen-bond donors (Lipinski definition) is 2. The normalized spacial score (nSPS) is 10.3. The topological polar surface area (TPSA) is 63.6 Å². The summed E-state index contributed by atoms with van der Waals surface area (Å²) >= 11 is 5.89. The van der Waals surface area contributed by atoms with E-state index in [9.17, 15) is 5.11 Å². The maximum atomic E-state index is 9.87. The Labute approximate surface area is 128 Å². The number of methoxy groups -OCH3 is 2. The summed E-state index contributed by atoms with van der Waals surface area (Å²) < 4.78 is 10.3. The zero-order valence-corrected chi connectivity index (χ0v) is 12.9. The molecule has 0 spiro atoms. The van der Waals surface area contributed by atoms with Crippen molar-refractivity contribution in [1.29, 1.82) is 0 Å². The second kappa shape index (κ2) is 6.54. The smallest absolute Gasteiger partial charge is 0.200 e. The maximum absolute atomic E-state index is 9.87. The van der Waals surface area contributed by atoms with Crippen LogP contribution in [0.1, 0.15) is 11.1 Å². The SMILES string of the molecule is COc1cc(CNc2cnc(Cl)c(C)c2)cc(OC)c1O. The van der Waals surface area contributed by atoms with Crippen LogP contribution in [0.25, 0.3) is 0 Å². The molecule has 0 aliphatic carbocycles. The molecular formula is C15H17ClN2O3. The van der Waals surface area contributed by atoms with Crippen LogP contribution in [0.15, 0.2) is 24.4 Å². The zero-order chi connectivity index (χ0) is 15.4. The number of phenols is 1. The van der Waals surface area contributed by atoms with E-state index in [0.29, 0.717) is 23.2 Å². The van der Waals surface area contributed by atoms with E-state index in [4.69, 9.17) is 21.1 Å². The minimum Gasteiger partial charge on any atom is -0.502 e. The summed E-state index contributed by atoms with van der Waals surface area (Å²) in [6, 6.07) is 5.42. The van der Waals surface area contributed by atoms with Crippen molar-refractivity contribution >= 4 is 17.3 Å². The van der Waals surface area contributed by atoms with Crippen molar-refractivity contribution in [3.63, 3.8) is 0 Å². The Hall–Kier alpha value is -2.14. The number of pyridine rings is 1. The molecule has 6 heteroatoms. The predicted octanol–water partition coefficient (Wildman–Crippen LogP) is 3.38. The number of aryl methyl sites for hydroxylation is 1. The second-order valence-electron chi connectivity index (χ2n) is 4.53. The van der Waals surface area contributed by atoms with Crippen molar-refractivity contribution in [3.05, 3.63) is 40.7 Å². The lowest BCUT2D eigenvalue weighted by molar-refractivity contribution is 0.339. The molecule has 0 amide bonds. The summed E-state index contributed by atoms with van der Waals surface area (Å²) in [5, 5.41) is 13.6. The number of anilines is 1. The van der Waals surface area contributed by atoms with E-state index in [2.05, 4.69) is 10.3 Å². The lowest BCUT2D eigenvalue weighted by Gasteiger charge is -2.12. The number of nitrogens with one attached hydrogen (secondary N) is 1. The molecule has 0 aliphatic heterocycles. The van der Waals surface area contributed by atoms with E-state index in [1.807, 2.05) is 13.0 Å². The highest BCUT2D eigenvalue weighted by Crippen LogP contribution is 2.37. The molecule has 0 unspecified atom stereocenters. The minimum absolute atomic E-state index is 0.00671. The van der Waals surface area contributed by atoms with E-state index >= 15 is 0 Å². The summed E-state index contributed by atoms with van der Waals surface area (Å²) in [4.78, 5) is 4.09. The molecule has 0 bridgehead atoms. The maximum Gasteiger partial charge on any atom is 0.200 e. The molecule has 1 aromatic carbocycles. The fourth-order valence-electron chi connectivity index (χ4n) is 1.91. The monoisotopic (exact) mass is 308 g/mol. The Morgan fingerprint density at radius 2 is 1.81 bits per heavy atom. The van der Waals surface area contributed by atoms with E-state index < -0.39 is 0 Å². The number of hydrogen-bond acceptors (Lipinski definition) is 5. The van der Waals surface area contributed by atoms with Crippen LogP contribution in [0.4, 0.5) is 5.69 Å². The van der Waals surface area contributed by atoms with Gasteiger partial charge in [-0.15, -0.1) is 0 Å². The largest absolute Gasteiger partial charge is 0.502 e. The Kier molecular flexibility index (Phi) is 4.75. The van der Waals surface area contributed by atoms with Crippen molar-refractivity contribution < 1.29 is 14.6 Å². The number of phenolic OH excluding ortho intramolecular Hbond substituents is 1. The predicted molar refractivity (Wildman–Crippen MR) is 82.5 cm³/mol. The minimum atomic E-state index is -0.00671. The van der Waals surface area contributed by atoms with Crippen LogP contribution in [0.5, 0.6) is 17.2 Å². The molecular weight excluding hydrogens is 292 g/mol. The van der Waals surface area contributed by atoms with Gasteiger partial charge in [0.05, 0.1) is 26.1 Å². The van der Waals surface area contributed by atoms with E-state index in [0.717, 1.165) is 16.8 Å². The average Bonchev–Trinajstić information content (AvgIpc) is 2.49. The first-order valence-corrected chi connectivity index (χ1v) is 6.72. The molecule has 0 radical (unpaired) electrons. The number of rotatable bonds is 5. The van der Waals surface area contributed by atoms with E-state index in [1.54, 1.807) is 18.3 Å². The van der Waals surface area contributed by atoms with Crippen molar-refractivity contribution in [3.8, 4) is 17.2 Å². The van der Waals surface area contributed by atoms with Gasteiger partial charge in [0, 0.05) is 6.54 Å². The Bertz CT molecular complexity index is 622. The van der Waals surface area contributed by atoms with Gasteiger partial charge in [-0.1, -0.05) is 11.6 Å². The molecule has 2 aromatic rings. The first-order chi connectivity index (χ1) is 10.0. The van der Waals surface area contributed by atoms with Gasteiger partial charge >= 0.3 is 0 Å². The fraction of sp³-hybridized carbons (Fsp3) is 0.267. The molecule has 0 saturated carbocycles. The van der Waals surface area contributed by atoms with Gasteiger partial charge in [-0.25, -0.2) is 4.98 Å². The summed E-state index contributed by atoms with van der Waals surface area (Å²) in [6.07, 6.45) is 1.67. The number of halogens is 1. The highest BCUT2D eigenvalue weighted by molar-refractivity contribution is 6.30. The second-order valence-corrected chi connectivity index (χ2v) is 4.89. The Balaban J connectivity index is 2.17. The summed E-state index contributed by atoms with van der Waals surface area (Å²) in [5.41, 5.74) is 2.68. The highest BCUT2D eigenvalue weighted by Gasteiger charge is 2.11. The Morgan fingerprint density at radius 1 is 1.19 bits per heavy atom. The lowest BCUT2D eigenvalue weighted by Crippen LogP contribution is -2.01. The van der Waals surface area contributed by atoms with Crippen LogP contribution in [-0.4, -0.2) is 24.3 Å². The Morgan fingerprint density at radius 3 is 2.33 bits per heavy atom. The van der Waals surface area contributed by atoms with Gasteiger partial charge in [0.15, 0.2) is 11.5 Å². The van der Waals surface area contributed by atoms with Crippen LogP contribution in [0.3, 0.4) is 0 Å². The van der Waals surface area contributed by atoms with Gasteiger partial charge in [-0.2, -0.15) is 0 Å². The molecule has 2 rings (SSSR count). The van der Waals surface area contributed by atoms with Gasteiger partial charge in [0.2, 0.25) is 5.75 Å². The number of nitrogens with zero attached hydrogens (tertiary/aromatic N) is 1. The molecule has 0 saturated heterocycles. The van der Waals surface area contributed by atoms with Gasteiger partial charge in [-0.05, 0) is 36.2 Å². The van der Waals surface area contributed by atoms with Crippen molar-refractivity contribution in [2.75, 3.05) is 19.5 Å². The summed E-state index contributed by atoms with van der Waals surface area (Å²) in [6.45, 7) is 2.43. The van der Waals surface area contributed by atoms with Gasteiger partial charge in [0.1, 0.15) is 5.15 Å². The standard InChI is InChI=1S/C15H17ClN2O3/c1-9-4-11(8-18-15(9)16)17-7-10-5-12(20-2)14(19)13(6-10)21-3/h4-6,8,17,19H,7H2,1-3H3.